The summed E-state index contributed by atoms with van der Waals surface area (Å²) in [5.41, 5.74) is 1.70. The number of aromatic nitrogens is 1. The molecule has 0 saturated carbocycles. The van der Waals surface area contributed by atoms with Crippen molar-refractivity contribution in [1.82, 2.24) is 4.98 Å². The summed E-state index contributed by atoms with van der Waals surface area (Å²) < 4.78 is 18.6. The Kier molecular flexibility index (Phi) is 4.68. The van der Waals surface area contributed by atoms with Crippen LogP contribution < -0.4 is 5.32 Å². The molecule has 0 unspecified atom stereocenters. The van der Waals surface area contributed by atoms with Crippen LogP contribution in [0.3, 0.4) is 0 Å². The van der Waals surface area contributed by atoms with Gasteiger partial charge < -0.3 is 10.1 Å². The Bertz CT molecular complexity index is 634. The molecule has 0 fully saturated rings. The van der Waals surface area contributed by atoms with Crippen LogP contribution in [0.4, 0.5) is 10.1 Å². The predicted molar refractivity (Wildman–Crippen MR) is 77.0 cm³/mol. The number of anilines is 1. The number of nitrogens with one attached hydrogen (secondary N) is 1. The van der Waals surface area contributed by atoms with E-state index < -0.39 is 5.97 Å². The van der Waals surface area contributed by atoms with E-state index in [1.165, 1.54) is 25.4 Å². The lowest BCUT2D eigenvalue weighted by molar-refractivity contribution is 0.0594. The van der Waals surface area contributed by atoms with Gasteiger partial charge in [0, 0.05) is 22.9 Å². The van der Waals surface area contributed by atoms with E-state index >= 15 is 0 Å². The Morgan fingerprint density at radius 2 is 2.20 bits per heavy atom. The predicted octanol–water partition coefficient (Wildman–Crippen LogP) is 3.38. The monoisotopic (exact) mass is 338 g/mol. The zero-order chi connectivity index (χ0) is 14.5. The summed E-state index contributed by atoms with van der Waals surface area (Å²) >= 11 is 3.36. The number of hydrogen-bond donors (Lipinski definition) is 1. The summed E-state index contributed by atoms with van der Waals surface area (Å²) in [5, 5.41) is 3.10. The standard InChI is InChI=1S/C14H12BrFN2O2/c1-20-14(19)13-7-11(4-5-17-13)18-8-9-6-10(16)2-3-12(9)15/h2-7H,8H2,1H3,(H,17,18). The van der Waals surface area contributed by atoms with Crippen LogP contribution >= 0.6 is 15.9 Å². The number of hydrogen-bond acceptors (Lipinski definition) is 4. The third-order valence-electron chi connectivity index (χ3n) is 2.65. The van der Waals surface area contributed by atoms with Crippen LogP contribution in [0.1, 0.15) is 16.1 Å². The number of carbonyl (C=O) groups excluding carboxylic acids is 1. The Labute approximate surface area is 124 Å². The number of esters is 1. The molecule has 1 N–H and O–H groups in total. The lowest BCUT2D eigenvalue weighted by Gasteiger charge is -2.09. The van der Waals surface area contributed by atoms with E-state index in [1.807, 2.05) is 0 Å². The van der Waals surface area contributed by atoms with Crippen LogP contribution in [0.2, 0.25) is 0 Å². The van der Waals surface area contributed by atoms with Gasteiger partial charge in [0.1, 0.15) is 11.5 Å². The molecule has 0 saturated heterocycles. The minimum atomic E-state index is -0.499. The molecule has 0 aliphatic rings. The Morgan fingerprint density at radius 3 is 2.95 bits per heavy atom. The lowest BCUT2D eigenvalue weighted by Crippen LogP contribution is -2.06. The number of halogens is 2. The zero-order valence-corrected chi connectivity index (χ0v) is 12.3. The van der Waals surface area contributed by atoms with Gasteiger partial charge in [0.2, 0.25) is 0 Å². The Balaban J connectivity index is 2.11. The lowest BCUT2D eigenvalue weighted by atomic mass is 10.2. The van der Waals surface area contributed by atoms with Crippen molar-refractivity contribution < 1.29 is 13.9 Å². The summed E-state index contributed by atoms with van der Waals surface area (Å²) in [5.74, 6) is -0.796. The smallest absolute Gasteiger partial charge is 0.356 e. The van der Waals surface area contributed by atoms with Gasteiger partial charge in [-0.2, -0.15) is 0 Å². The minimum Gasteiger partial charge on any atom is -0.464 e. The molecular weight excluding hydrogens is 327 g/mol. The van der Waals surface area contributed by atoms with Crippen molar-refractivity contribution in [3.05, 3.63) is 58.1 Å². The molecule has 0 amide bonds. The van der Waals surface area contributed by atoms with Gasteiger partial charge in [-0.25, -0.2) is 14.2 Å². The molecule has 0 aliphatic carbocycles. The summed E-state index contributed by atoms with van der Waals surface area (Å²) in [7, 11) is 1.30. The number of carbonyl (C=O) groups is 1. The molecule has 1 aromatic heterocycles. The van der Waals surface area contributed by atoms with Crippen molar-refractivity contribution in [3.63, 3.8) is 0 Å². The third-order valence-corrected chi connectivity index (χ3v) is 3.42. The van der Waals surface area contributed by atoms with Crippen LogP contribution in [-0.4, -0.2) is 18.1 Å². The van der Waals surface area contributed by atoms with E-state index in [2.05, 4.69) is 31.0 Å². The largest absolute Gasteiger partial charge is 0.464 e. The van der Waals surface area contributed by atoms with E-state index in [-0.39, 0.29) is 11.5 Å². The van der Waals surface area contributed by atoms with E-state index in [4.69, 9.17) is 0 Å². The molecule has 2 aromatic rings. The molecule has 2 rings (SSSR count). The highest BCUT2D eigenvalue weighted by Gasteiger charge is 2.08. The molecule has 4 nitrogen and oxygen atoms in total. The molecule has 1 aromatic carbocycles. The number of benzene rings is 1. The molecule has 104 valence electrons. The fraction of sp³-hybridized carbons (Fsp3) is 0.143. The Morgan fingerprint density at radius 1 is 1.40 bits per heavy atom. The topological polar surface area (TPSA) is 51.2 Å². The normalized spacial score (nSPS) is 10.2. The average Bonchev–Trinajstić information content (AvgIpc) is 2.47. The van der Waals surface area contributed by atoms with Gasteiger partial charge in [-0.3, -0.25) is 0 Å². The van der Waals surface area contributed by atoms with Gasteiger partial charge in [-0.1, -0.05) is 15.9 Å². The first-order chi connectivity index (χ1) is 9.60. The van der Waals surface area contributed by atoms with Crippen LogP contribution in [-0.2, 0) is 11.3 Å². The maximum absolute atomic E-state index is 13.2. The van der Waals surface area contributed by atoms with Gasteiger partial charge in [0.25, 0.3) is 0 Å². The second kappa shape index (κ2) is 6.47. The highest BCUT2D eigenvalue weighted by atomic mass is 79.9. The maximum Gasteiger partial charge on any atom is 0.356 e. The van der Waals surface area contributed by atoms with Crippen LogP contribution in [0.25, 0.3) is 0 Å². The Hall–Kier alpha value is -1.95. The third kappa shape index (κ3) is 3.54. The number of pyridine rings is 1. The van der Waals surface area contributed by atoms with Crippen LogP contribution in [0, 0.1) is 5.82 Å². The zero-order valence-electron chi connectivity index (χ0n) is 10.7. The van der Waals surface area contributed by atoms with E-state index in [0.29, 0.717) is 12.2 Å². The fourth-order valence-electron chi connectivity index (χ4n) is 1.63. The quantitative estimate of drug-likeness (QED) is 0.868. The second-order valence-electron chi connectivity index (χ2n) is 4.01. The first-order valence-corrected chi connectivity index (χ1v) is 6.61. The summed E-state index contributed by atoms with van der Waals surface area (Å²) in [6.45, 7) is 0.420. The van der Waals surface area contributed by atoms with Crippen molar-refractivity contribution in [1.29, 1.82) is 0 Å². The minimum absolute atomic E-state index is 0.218. The maximum atomic E-state index is 13.2. The second-order valence-corrected chi connectivity index (χ2v) is 4.86. The fourth-order valence-corrected chi connectivity index (χ4v) is 2.02. The molecule has 0 spiro atoms. The molecule has 0 bridgehead atoms. The average molecular weight is 339 g/mol. The molecule has 1 heterocycles. The highest BCUT2D eigenvalue weighted by molar-refractivity contribution is 9.10. The molecule has 0 aliphatic heterocycles. The van der Waals surface area contributed by atoms with Gasteiger partial charge in [-0.15, -0.1) is 0 Å². The molecular formula is C14H12BrFN2O2. The van der Waals surface area contributed by atoms with Crippen LogP contribution in [0.5, 0.6) is 0 Å². The molecule has 0 atom stereocenters. The number of rotatable bonds is 4. The van der Waals surface area contributed by atoms with Crippen molar-refractivity contribution in [2.45, 2.75) is 6.54 Å². The number of ether oxygens (including phenoxy) is 1. The van der Waals surface area contributed by atoms with E-state index in [9.17, 15) is 9.18 Å². The van der Waals surface area contributed by atoms with Gasteiger partial charge in [-0.05, 0) is 35.9 Å². The number of methoxy groups -OCH3 is 1. The summed E-state index contributed by atoms with van der Waals surface area (Å²) in [6.07, 6.45) is 1.51. The van der Waals surface area contributed by atoms with Crippen molar-refractivity contribution >= 4 is 27.6 Å². The van der Waals surface area contributed by atoms with Crippen LogP contribution in [0.15, 0.2) is 41.0 Å². The highest BCUT2D eigenvalue weighted by Crippen LogP contribution is 2.19. The first-order valence-electron chi connectivity index (χ1n) is 5.82. The van der Waals surface area contributed by atoms with Gasteiger partial charge in [0.05, 0.1) is 7.11 Å². The van der Waals surface area contributed by atoms with E-state index in [0.717, 1.165) is 10.0 Å². The number of nitrogens with zero attached hydrogens (tertiary/aromatic N) is 1. The van der Waals surface area contributed by atoms with Crippen molar-refractivity contribution in [3.8, 4) is 0 Å². The SMILES string of the molecule is COC(=O)c1cc(NCc2cc(F)ccc2Br)ccn1. The van der Waals surface area contributed by atoms with Crippen molar-refractivity contribution in [2.24, 2.45) is 0 Å². The molecule has 6 heteroatoms. The van der Waals surface area contributed by atoms with E-state index in [1.54, 1.807) is 18.2 Å². The van der Waals surface area contributed by atoms with Gasteiger partial charge >= 0.3 is 5.97 Å². The molecule has 0 radical (unpaired) electrons. The summed E-state index contributed by atoms with van der Waals surface area (Å²) in [6, 6.07) is 7.78. The first kappa shape index (κ1) is 14.5. The summed E-state index contributed by atoms with van der Waals surface area (Å²) in [4.78, 5) is 15.3. The molecule has 20 heavy (non-hydrogen) atoms. The van der Waals surface area contributed by atoms with Gasteiger partial charge in [0.15, 0.2) is 0 Å². The van der Waals surface area contributed by atoms with Crippen molar-refractivity contribution in [2.75, 3.05) is 12.4 Å².